The number of aromatic nitrogens is 4. The Balaban J connectivity index is 1.62. The maximum absolute atomic E-state index is 12.7. The molecule has 0 radical (unpaired) electrons. The highest BCUT2D eigenvalue weighted by molar-refractivity contribution is 7.92. The van der Waals surface area contributed by atoms with Gasteiger partial charge in [-0.3, -0.25) is 9.40 Å². The highest BCUT2D eigenvalue weighted by Crippen LogP contribution is 2.45. The Morgan fingerprint density at radius 1 is 1.29 bits per heavy atom. The summed E-state index contributed by atoms with van der Waals surface area (Å²) in [6.45, 7) is 2.03. The highest BCUT2D eigenvalue weighted by Gasteiger charge is 2.43. The molecule has 0 aliphatic heterocycles. The van der Waals surface area contributed by atoms with Gasteiger partial charge in [0.25, 0.3) is 10.0 Å². The Bertz CT molecular complexity index is 1240. The number of nitriles is 1. The first-order chi connectivity index (χ1) is 14.8. The molecule has 3 aromatic rings. The maximum atomic E-state index is 12.7. The molecule has 0 amide bonds. The molecule has 0 bridgehead atoms. The van der Waals surface area contributed by atoms with Crippen LogP contribution >= 0.6 is 0 Å². The fraction of sp³-hybridized carbons (Fsp3) is 0.333. The van der Waals surface area contributed by atoms with E-state index in [9.17, 15) is 13.7 Å². The number of nitrogens with one attached hydrogen (secondary N) is 1. The quantitative estimate of drug-likeness (QED) is 0.627. The molecule has 2 aromatic heterocycles. The minimum absolute atomic E-state index is 0.0465. The standard InChI is InChI=1S/C21H22N6O3S/c1-21(9-3-4-17(21)18-7-11-25-27(18)2)30-19-6-5-16(12-15(19)13-22)31(28,29)26-20-8-10-23-14-24-20/h5-8,10-12,14,17H,3-4,9H2,1-2H3,(H,23,24,26)/t17-,21-/m1/s1. The SMILES string of the molecule is Cn1nccc1[C@H]1CCC[C@@]1(C)Oc1ccc(S(=O)(=O)Nc2ccncn2)cc1C#N. The van der Waals surface area contributed by atoms with E-state index in [2.05, 4.69) is 25.9 Å². The molecule has 0 spiro atoms. The minimum atomic E-state index is -3.92. The maximum Gasteiger partial charge on any atom is 0.263 e. The van der Waals surface area contributed by atoms with Crippen LogP contribution in [0.3, 0.4) is 0 Å². The van der Waals surface area contributed by atoms with E-state index < -0.39 is 15.6 Å². The number of rotatable bonds is 6. The molecule has 2 heterocycles. The normalized spacial score (nSPS) is 20.9. The summed E-state index contributed by atoms with van der Waals surface area (Å²) in [6.07, 6.45) is 7.21. The highest BCUT2D eigenvalue weighted by atomic mass is 32.2. The molecule has 1 saturated carbocycles. The summed E-state index contributed by atoms with van der Waals surface area (Å²) in [7, 11) is -2.01. The Morgan fingerprint density at radius 3 is 2.81 bits per heavy atom. The molecule has 0 unspecified atom stereocenters. The van der Waals surface area contributed by atoms with E-state index in [0.717, 1.165) is 25.0 Å². The molecule has 160 valence electrons. The lowest BCUT2D eigenvalue weighted by atomic mass is 9.89. The zero-order valence-corrected chi connectivity index (χ0v) is 18.0. The van der Waals surface area contributed by atoms with Gasteiger partial charge in [-0.15, -0.1) is 0 Å². The fourth-order valence-electron chi connectivity index (χ4n) is 4.10. The van der Waals surface area contributed by atoms with Gasteiger partial charge in [0.15, 0.2) is 0 Å². The number of benzene rings is 1. The van der Waals surface area contributed by atoms with Gasteiger partial charge in [-0.1, -0.05) is 0 Å². The third-order valence-corrected chi connectivity index (χ3v) is 7.02. The molecule has 4 rings (SSSR count). The smallest absolute Gasteiger partial charge is 0.263 e. The molecule has 2 atom stereocenters. The van der Waals surface area contributed by atoms with Crippen LogP contribution < -0.4 is 9.46 Å². The molecular weight excluding hydrogens is 416 g/mol. The summed E-state index contributed by atoms with van der Waals surface area (Å²) in [5.74, 6) is 0.626. The van der Waals surface area contributed by atoms with E-state index in [1.54, 1.807) is 6.20 Å². The molecule has 1 fully saturated rings. The van der Waals surface area contributed by atoms with Crippen molar-refractivity contribution in [3.63, 3.8) is 0 Å². The first-order valence-corrected chi connectivity index (χ1v) is 11.3. The number of ether oxygens (including phenoxy) is 1. The summed E-state index contributed by atoms with van der Waals surface area (Å²) in [5.41, 5.74) is 0.702. The van der Waals surface area contributed by atoms with E-state index in [0.29, 0.717) is 5.75 Å². The first kappa shape index (κ1) is 20.8. The van der Waals surface area contributed by atoms with Crippen LogP contribution in [0.2, 0.25) is 0 Å². The van der Waals surface area contributed by atoms with Crippen molar-refractivity contribution in [1.82, 2.24) is 19.7 Å². The van der Waals surface area contributed by atoms with Crippen LogP contribution in [0.5, 0.6) is 5.75 Å². The second kappa shape index (κ2) is 8.00. The lowest BCUT2D eigenvalue weighted by molar-refractivity contribution is 0.0748. The van der Waals surface area contributed by atoms with Gasteiger partial charge in [0.05, 0.1) is 10.5 Å². The summed E-state index contributed by atoms with van der Waals surface area (Å²) in [6, 6.07) is 9.77. The number of hydrogen-bond acceptors (Lipinski definition) is 7. The van der Waals surface area contributed by atoms with E-state index in [1.165, 1.54) is 36.8 Å². The molecule has 1 aliphatic rings. The van der Waals surface area contributed by atoms with Crippen molar-refractivity contribution >= 4 is 15.8 Å². The monoisotopic (exact) mass is 438 g/mol. The van der Waals surface area contributed by atoms with Crippen molar-refractivity contribution in [2.45, 2.75) is 42.6 Å². The van der Waals surface area contributed by atoms with Crippen molar-refractivity contribution in [3.8, 4) is 11.8 Å². The van der Waals surface area contributed by atoms with E-state index in [-0.39, 0.29) is 22.2 Å². The van der Waals surface area contributed by atoms with Gasteiger partial charge in [0.2, 0.25) is 0 Å². The molecule has 31 heavy (non-hydrogen) atoms. The molecule has 1 aliphatic carbocycles. The van der Waals surface area contributed by atoms with Crippen molar-refractivity contribution in [2.24, 2.45) is 7.05 Å². The van der Waals surface area contributed by atoms with Crippen LogP contribution in [-0.2, 0) is 17.1 Å². The lowest BCUT2D eigenvalue weighted by Crippen LogP contribution is -2.36. The second-order valence-corrected chi connectivity index (χ2v) is 9.39. The summed E-state index contributed by atoms with van der Waals surface area (Å²) in [4.78, 5) is 7.58. The van der Waals surface area contributed by atoms with Gasteiger partial charge in [-0.25, -0.2) is 18.4 Å². The third kappa shape index (κ3) is 4.09. The van der Waals surface area contributed by atoms with Crippen LogP contribution in [0, 0.1) is 11.3 Å². The summed E-state index contributed by atoms with van der Waals surface area (Å²) in [5, 5.41) is 13.9. The van der Waals surface area contributed by atoms with Crippen LogP contribution in [0.1, 0.15) is 43.4 Å². The predicted molar refractivity (Wildman–Crippen MR) is 113 cm³/mol. The third-order valence-electron chi connectivity index (χ3n) is 5.66. The van der Waals surface area contributed by atoms with Crippen molar-refractivity contribution < 1.29 is 13.2 Å². The van der Waals surface area contributed by atoms with Crippen LogP contribution in [-0.4, -0.2) is 33.8 Å². The number of aryl methyl sites for hydroxylation is 1. The number of anilines is 1. The fourth-order valence-corrected chi connectivity index (χ4v) is 5.13. The molecule has 1 aromatic carbocycles. The van der Waals surface area contributed by atoms with Gasteiger partial charge < -0.3 is 4.74 Å². The van der Waals surface area contributed by atoms with E-state index >= 15 is 0 Å². The van der Waals surface area contributed by atoms with E-state index in [4.69, 9.17) is 4.74 Å². The summed E-state index contributed by atoms with van der Waals surface area (Å²) < 4.78 is 36.0. The Labute approximate surface area is 180 Å². The average Bonchev–Trinajstić information content (AvgIpc) is 3.33. The van der Waals surface area contributed by atoms with Crippen LogP contribution in [0.15, 0.2) is 53.9 Å². The number of nitrogens with zero attached hydrogens (tertiary/aromatic N) is 5. The van der Waals surface area contributed by atoms with Gasteiger partial charge in [0.1, 0.15) is 29.6 Å². The average molecular weight is 439 g/mol. The van der Waals surface area contributed by atoms with Gasteiger partial charge in [-0.2, -0.15) is 10.4 Å². The van der Waals surface area contributed by atoms with E-state index in [1.807, 2.05) is 24.7 Å². The van der Waals surface area contributed by atoms with Crippen LogP contribution in [0.25, 0.3) is 0 Å². The topological polar surface area (TPSA) is 123 Å². The van der Waals surface area contributed by atoms with Gasteiger partial charge in [-0.05, 0) is 56.5 Å². The largest absolute Gasteiger partial charge is 0.485 e. The number of sulfonamides is 1. The Kier molecular flexibility index (Phi) is 5.37. The van der Waals surface area contributed by atoms with Crippen LogP contribution in [0.4, 0.5) is 5.82 Å². The second-order valence-electron chi connectivity index (χ2n) is 7.71. The van der Waals surface area contributed by atoms with Gasteiger partial charge in [0, 0.05) is 31.1 Å². The number of hydrogen-bond donors (Lipinski definition) is 1. The Morgan fingerprint density at radius 2 is 2.13 bits per heavy atom. The Hall–Kier alpha value is -3.45. The molecule has 1 N–H and O–H groups in total. The van der Waals surface area contributed by atoms with Crippen molar-refractivity contribution in [1.29, 1.82) is 5.26 Å². The van der Waals surface area contributed by atoms with Crippen molar-refractivity contribution in [3.05, 3.63) is 60.3 Å². The minimum Gasteiger partial charge on any atom is -0.485 e. The summed E-state index contributed by atoms with van der Waals surface area (Å²) >= 11 is 0. The van der Waals surface area contributed by atoms with Crippen molar-refractivity contribution in [2.75, 3.05) is 4.72 Å². The predicted octanol–water partition coefficient (Wildman–Crippen LogP) is 2.99. The molecule has 0 saturated heterocycles. The zero-order chi connectivity index (χ0) is 22.1. The van der Waals surface area contributed by atoms with Gasteiger partial charge >= 0.3 is 0 Å². The molecule has 9 nitrogen and oxygen atoms in total. The lowest BCUT2D eigenvalue weighted by Gasteiger charge is -2.33. The zero-order valence-electron chi connectivity index (χ0n) is 17.2. The first-order valence-electron chi connectivity index (χ1n) is 9.82. The molecular formula is C21H22N6O3S. The molecule has 10 heteroatoms.